The van der Waals surface area contributed by atoms with Gasteiger partial charge in [0.15, 0.2) is 0 Å². The lowest BCUT2D eigenvalue weighted by Gasteiger charge is -2.19. The quantitative estimate of drug-likeness (QED) is 0.756. The Hall–Kier alpha value is -0.860. The van der Waals surface area contributed by atoms with Gasteiger partial charge in [-0.2, -0.15) is 0 Å². The Morgan fingerprint density at radius 3 is 1.79 bits per heavy atom. The molecule has 0 saturated heterocycles. The van der Waals surface area contributed by atoms with Gasteiger partial charge >= 0.3 is 0 Å². The van der Waals surface area contributed by atoms with Crippen LogP contribution < -0.4 is 0 Å². The van der Waals surface area contributed by atoms with Gasteiger partial charge in [-0.15, -0.1) is 0 Å². The Morgan fingerprint density at radius 2 is 1.43 bits per heavy atom. The maximum Gasteiger partial charge on any atom is 0.105 e. The van der Waals surface area contributed by atoms with Crippen LogP contribution in [0, 0.1) is 20.8 Å². The van der Waals surface area contributed by atoms with E-state index in [-0.39, 0.29) is 0 Å². The Morgan fingerprint density at radius 1 is 1.00 bits per heavy atom. The van der Waals surface area contributed by atoms with Crippen molar-refractivity contribution in [2.45, 2.75) is 39.9 Å². The summed E-state index contributed by atoms with van der Waals surface area (Å²) in [4.78, 5) is 0. The predicted molar refractivity (Wildman–Crippen MR) is 57.3 cm³/mol. The van der Waals surface area contributed by atoms with Crippen molar-refractivity contribution < 1.29 is 10.2 Å². The molecule has 0 aliphatic heterocycles. The van der Waals surface area contributed by atoms with Crippen LogP contribution in [0.15, 0.2) is 12.1 Å². The highest BCUT2D eigenvalue weighted by molar-refractivity contribution is 5.39. The predicted octanol–water partition coefficient (Wildman–Crippen LogP) is 2.03. The van der Waals surface area contributed by atoms with Gasteiger partial charge < -0.3 is 10.2 Å². The van der Waals surface area contributed by atoms with E-state index in [1.54, 1.807) is 6.92 Å². The van der Waals surface area contributed by atoms with E-state index in [0.717, 1.165) is 16.7 Å². The van der Waals surface area contributed by atoms with Crippen LogP contribution in [0.25, 0.3) is 0 Å². The van der Waals surface area contributed by atoms with Crippen LogP contribution in [0.5, 0.6) is 0 Å². The number of hydrogen-bond donors (Lipinski definition) is 2. The third-order valence-corrected chi connectivity index (χ3v) is 2.49. The Bertz CT molecular complexity index is 306. The van der Waals surface area contributed by atoms with Crippen molar-refractivity contribution in [1.29, 1.82) is 0 Å². The van der Waals surface area contributed by atoms with Crippen LogP contribution in [-0.4, -0.2) is 16.3 Å². The average Bonchev–Trinajstić information content (AvgIpc) is 2.01. The highest BCUT2D eigenvalue weighted by Gasteiger charge is 2.17. The first kappa shape index (κ1) is 11.2. The molecule has 1 aromatic rings. The van der Waals surface area contributed by atoms with E-state index in [9.17, 15) is 10.2 Å². The molecule has 0 radical (unpaired) electrons. The zero-order valence-corrected chi connectivity index (χ0v) is 9.20. The Labute approximate surface area is 85.2 Å². The summed E-state index contributed by atoms with van der Waals surface area (Å²) in [6.45, 7) is 7.55. The number of aliphatic hydroxyl groups is 2. The average molecular weight is 194 g/mol. The zero-order valence-electron chi connectivity index (χ0n) is 9.20. The summed E-state index contributed by atoms with van der Waals surface area (Å²) in [5.74, 6) is 0. The highest BCUT2D eigenvalue weighted by atomic mass is 16.3. The standard InChI is InChI=1S/C12H18O2/c1-7-5-8(2)11(9(3)6-7)12(14)10(4)13/h5-6,10,12-14H,1-4H3/t10-,12+/m0/s1. The Kier molecular flexibility index (Phi) is 3.29. The summed E-state index contributed by atoms with van der Waals surface area (Å²) in [5, 5.41) is 19.1. The van der Waals surface area contributed by atoms with Crippen molar-refractivity contribution >= 4 is 0 Å². The van der Waals surface area contributed by atoms with E-state index in [0.29, 0.717) is 0 Å². The topological polar surface area (TPSA) is 40.5 Å². The van der Waals surface area contributed by atoms with E-state index < -0.39 is 12.2 Å². The first-order chi connectivity index (χ1) is 6.43. The minimum absolute atomic E-state index is 0.727. The van der Waals surface area contributed by atoms with Crippen LogP contribution in [0.1, 0.15) is 35.3 Å². The monoisotopic (exact) mass is 194 g/mol. The van der Waals surface area contributed by atoms with Gasteiger partial charge in [-0.25, -0.2) is 0 Å². The molecule has 2 N–H and O–H groups in total. The van der Waals surface area contributed by atoms with E-state index in [2.05, 4.69) is 0 Å². The fraction of sp³-hybridized carbons (Fsp3) is 0.500. The molecule has 0 saturated carbocycles. The largest absolute Gasteiger partial charge is 0.390 e. The highest BCUT2D eigenvalue weighted by Crippen LogP contribution is 2.25. The maximum absolute atomic E-state index is 9.80. The molecule has 0 fully saturated rings. The number of aliphatic hydroxyl groups excluding tert-OH is 2. The van der Waals surface area contributed by atoms with Crippen molar-refractivity contribution in [3.63, 3.8) is 0 Å². The lowest BCUT2D eigenvalue weighted by Crippen LogP contribution is -2.16. The number of benzene rings is 1. The normalized spacial score (nSPS) is 15.3. The van der Waals surface area contributed by atoms with Gasteiger partial charge in [0.25, 0.3) is 0 Å². The van der Waals surface area contributed by atoms with Crippen molar-refractivity contribution in [2.24, 2.45) is 0 Å². The molecule has 14 heavy (non-hydrogen) atoms. The molecule has 0 spiro atoms. The molecular formula is C12H18O2. The first-order valence-corrected chi connectivity index (χ1v) is 4.87. The summed E-state index contributed by atoms with van der Waals surface area (Å²) in [5.41, 5.74) is 4.11. The third-order valence-electron chi connectivity index (χ3n) is 2.49. The third kappa shape index (κ3) is 2.14. The SMILES string of the molecule is Cc1cc(C)c([C@H](O)[C@H](C)O)c(C)c1. The fourth-order valence-corrected chi connectivity index (χ4v) is 1.90. The first-order valence-electron chi connectivity index (χ1n) is 4.87. The van der Waals surface area contributed by atoms with Gasteiger partial charge in [0.2, 0.25) is 0 Å². The Balaban J connectivity index is 3.20. The molecule has 78 valence electrons. The van der Waals surface area contributed by atoms with Crippen LogP contribution in [0.4, 0.5) is 0 Å². The van der Waals surface area contributed by atoms with E-state index in [1.807, 2.05) is 32.9 Å². The van der Waals surface area contributed by atoms with Gasteiger partial charge in [0.1, 0.15) is 6.10 Å². The number of aryl methyl sites for hydroxylation is 3. The van der Waals surface area contributed by atoms with Crippen molar-refractivity contribution in [3.8, 4) is 0 Å². The second-order valence-corrected chi connectivity index (χ2v) is 4.00. The van der Waals surface area contributed by atoms with E-state index >= 15 is 0 Å². The van der Waals surface area contributed by atoms with E-state index in [4.69, 9.17) is 0 Å². The number of hydrogen-bond acceptors (Lipinski definition) is 2. The maximum atomic E-state index is 9.80. The lowest BCUT2D eigenvalue weighted by molar-refractivity contribution is 0.0297. The number of rotatable bonds is 2. The van der Waals surface area contributed by atoms with Crippen LogP contribution in [0.2, 0.25) is 0 Å². The summed E-state index contributed by atoms with van der Waals surface area (Å²) in [7, 11) is 0. The molecule has 2 atom stereocenters. The lowest BCUT2D eigenvalue weighted by atomic mass is 9.93. The van der Waals surface area contributed by atoms with Gasteiger partial charge in [-0.1, -0.05) is 17.7 Å². The molecule has 0 aliphatic rings. The van der Waals surface area contributed by atoms with Gasteiger partial charge in [0, 0.05) is 0 Å². The van der Waals surface area contributed by atoms with Gasteiger partial charge in [-0.3, -0.25) is 0 Å². The summed E-state index contributed by atoms with van der Waals surface area (Å²) in [6.07, 6.45) is -1.51. The molecule has 1 aromatic carbocycles. The van der Waals surface area contributed by atoms with Crippen molar-refractivity contribution in [2.75, 3.05) is 0 Å². The molecule has 0 aromatic heterocycles. The summed E-state index contributed by atoms with van der Waals surface area (Å²) >= 11 is 0. The molecule has 0 aliphatic carbocycles. The summed E-state index contributed by atoms with van der Waals surface area (Å²) in [6, 6.07) is 4.04. The molecule has 0 heterocycles. The molecular weight excluding hydrogens is 176 g/mol. The van der Waals surface area contributed by atoms with Gasteiger partial charge in [0.05, 0.1) is 6.10 Å². The molecule has 0 unspecified atom stereocenters. The second-order valence-electron chi connectivity index (χ2n) is 4.00. The zero-order chi connectivity index (χ0) is 10.9. The second kappa shape index (κ2) is 4.11. The minimum Gasteiger partial charge on any atom is -0.390 e. The van der Waals surface area contributed by atoms with E-state index in [1.165, 1.54) is 5.56 Å². The summed E-state index contributed by atoms with van der Waals surface area (Å²) < 4.78 is 0. The van der Waals surface area contributed by atoms with Crippen LogP contribution >= 0.6 is 0 Å². The van der Waals surface area contributed by atoms with Crippen molar-refractivity contribution in [1.82, 2.24) is 0 Å². The molecule has 0 amide bonds. The molecule has 1 rings (SSSR count). The molecule has 2 nitrogen and oxygen atoms in total. The van der Waals surface area contributed by atoms with Crippen molar-refractivity contribution in [3.05, 3.63) is 34.4 Å². The van der Waals surface area contributed by atoms with Crippen LogP contribution in [0.3, 0.4) is 0 Å². The smallest absolute Gasteiger partial charge is 0.105 e. The van der Waals surface area contributed by atoms with Crippen LogP contribution in [-0.2, 0) is 0 Å². The minimum atomic E-state index is -0.782. The van der Waals surface area contributed by atoms with Gasteiger partial charge in [-0.05, 0) is 44.4 Å². The molecule has 2 heteroatoms. The molecule has 0 bridgehead atoms. The fourth-order valence-electron chi connectivity index (χ4n) is 1.90.